The molecule has 1 unspecified atom stereocenters. The molecule has 258 valence electrons. The monoisotopic (exact) mass is 768 g/mol. The van der Waals surface area contributed by atoms with E-state index < -0.39 is 0 Å². The Bertz CT molecular complexity index is 1610. The molecular weight excluding hydrogens is 719 g/mol. The number of halogens is 1. The van der Waals surface area contributed by atoms with E-state index in [0.29, 0.717) is 19.5 Å². The third-order valence-electron chi connectivity index (χ3n) is 8.57. The number of rotatable bonds is 19. The molecule has 4 aromatic carbocycles. The summed E-state index contributed by atoms with van der Waals surface area (Å²) in [4.78, 5) is 2.46. The zero-order valence-electron chi connectivity index (χ0n) is 29.2. The number of benzene rings is 4. The molecule has 0 saturated carbocycles. The second kappa shape index (κ2) is 18.8. The Balaban J connectivity index is 1.78. The van der Waals surface area contributed by atoms with Gasteiger partial charge in [-0.15, -0.1) is 0 Å². The van der Waals surface area contributed by atoms with E-state index in [-0.39, 0.29) is 6.17 Å². The number of methoxy groups -OCH3 is 6. The summed E-state index contributed by atoms with van der Waals surface area (Å²) in [5.41, 5.74) is 5.46. The van der Waals surface area contributed by atoms with Crippen molar-refractivity contribution in [2.24, 2.45) is 0 Å². The summed E-state index contributed by atoms with van der Waals surface area (Å²) >= 11 is 2.29. The summed E-state index contributed by atoms with van der Waals surface area (Å²) in [5.74, 6) is 5.10. The summed E-state index contributed by atoms with van der Waals surface area (Å²) in [7, 11) is 10.3. The summed E-state index contributed by atoms with van der Waals surface area (Å²) in [5, 5.41) is 3.88. The van der Waals surface area contributed by atoms with E-state index in [1.165, 1.54) is 0 Å². The van der Waals surface area contributed by atoms with E-state index in [0.717, 1.165) is 91.7 Å². The summed E-state index contributed by atoms with van der Waals surface area (Å²) in [6.07, 6.45) is 3.22. The normalized spacial score (nSPS) is 11.7. The highest BCUT2D eigenvalue weighted by Gasteiger charge is 2.24. The van der Waals surface area contributed by atoms with Crippen molar-refractivity contribution >= 4 is 22.6 Å². The van der Waals surface area contributed by atoms with Crippen LogP contribution in [0.3, 0.4) is 0 Å². The van der Waals surface area contributed by atoms with Crippen LogP contribution in [-0.4, -0.2) is 60.3 Å². The molecule has 0 heterocycles. The fraction of sp³-hybridized carbons (Fsp3) is 0.385. The summed E-state index contributed by atoms with van der Waals surface area (Å²) in [6, 6.07) is 24.7. The van der Waals surface area contributed by atoms with Crippen molar-refractivity contribution in [3.05, 3.63) is 104 Å². The SMILES string of the molecule is CCCc1cc(OC)c(CCN(Cc2ccccc2OC)C(Cc2cc(OC)c(I)cc2OC)NCc2ccccc2OC)cc1OC. The quantitative estimate of drug-likeness (QED) is 0.0770. The zero-order valence-corrected chi connectivity index (χ0v) is 31.4. The molecule has 0 spiro atoms. The van der Waals surface area contributed by atoms with Gasteiger partial charge in [-0.3, -0.25) is 10.2 Å². The van der Waals surface area contributed by atoms with Crippen LogP contribution < -0.4 is 33.7 Å². The molecule has 4 aromatic rings. The lowest BCUT2D eigenvalue weighted by molar-refractivity contribution is 0.152. The third kappa shape index (κ3) is 9.48. The number of nitrogens with one attached hydrogen (secondary N) is 1. The van der Waals surface area contributed by atoms with Crippen molar-refractivity contribution in [1.29, 1.82) is 0 Å². The van der Waals surface area contributed by atoms with E-state index in [1.54, 1.807) is 42.7 Å². The Morgan fingerprint density at radius 2 is 1.08 bits per heavy atom. The summed E-state index contributed by atoms with van der Waals surface area (Å²) in [6.45, 7) is 4.14. The molecular formula is C39H49IN2O6. The van der Waals surface area contributed by atoms with Crippen LogP contribution >= 0.6 is 22.6 Å². The molecule has 0 aliphatic carbocycles. The number of ether oxygens (including phenoxy) is 6. The Morgan fingerprint density at radius 3 is 1.67 bits per heavy atom. The molecule has 0 aromatic heterocycles. The van der Waals surface area contributed by atoms with Crippen LogP contribution in [0.25, 0.3) is 0 Å². The first kappa shape index (κ1) is 37.2. The van der Waals surface area contributed by atoms with Gasteiger partial charge in [-0.05, 0) is 83.0 Å². The van der Waals surface area contributed by atoms with E-state index in [1.807, 2.05) is 36.4 Å². The Hall–Kier alpha value is -3.67. The van der Waals surface area contributed by atoms with Crippen molar-refractivity contribution in [2.45, 2.75) is 51.9 Å². The van der Waals surface area contributed by atoms with Crippen LogP contribution in [0.1, 0.15) is 41.2 Å². The molecule has 48 heavy (non-hydrogen) atoms. The van der Waals surface area contributed by atoms with Crippen molar-refractivity contribution < 1.29 is 28.4 Å². The van der Waals surface area contributed by atoms with Crippen LogP contribution in [0.4, 0.5) is 0 Å². The van der Waals surface area contributed by atoms with Gasteiger partial charge in [0, 0.05) is 42.7 Å². The number of hydrogen-bond donors (Lipinski definition) is 1. The van der Waals surface area contributed by atoms with Crippen molar-refractivity contribution in [2.75, 3.05) is 49.2 Å². The standard InChI is InChI=1S/C39H49IN2O6/c1-8-13-27-20-36(46-5)28(21-35(27)45-4)18-19-42(26-30-15-10-12-17-34(30)44-3)39(41-25-29-14-9-11-16-33(29)43-2)23-31-22-38(48-7)32(40)24-37(31)47-6/h9-12,14-17,20-22,24,39,41H,8,13,18-19,23,25-26H2,1-7H3. The Labute approximate surface area is 299 Å². The van der Waals surface area contributed by atoms with Gasteiger partial charge in [0.1, 0.15) is 34.5 Å². The molecule has 0 radical (unpaired) electrons. The number of para-hydroxylation sites is 2. The van der Waals surface area contributed by atoms with Crippen molar-refractivity contribution in [3.8, 4) is 34.5 Å². The minimum atomic E-state index is -0.120. The molecule has 0 aliphatic heterocycles. The summed E-state index contributed by atoms with van der Waals surface area (Å²) < 4.78 is 35.9. The first-order valence-electron chi connectivity index (χ1n) is 16.2. The minimum Gasteiger partial charge on any atom is -0.496 e. The second-order valence-corrected chi connectivity index (χ2v) is 12.6. The minimum absolute atomic E-state index is 0.120. The number of hydrogen-bond acceptors (Lipinski definition) is 8. The van der Waals surface area contributed by atoms with E-state index in [4.69, 9.17) is 28.4 Å². The van der Waals surface area contributed by atoms with Gasteiger partial charge in [-0.25, -0.2) is 0 Å². The highest BCUT2D eigenvalue weighted by molar-refractivity contribution is 14.1. The van der Waals surface area contributed by atoms with Crippen molar-refractivity contribution in [3.63, 3.8) is 0 Å². The molecule has 4 rings (SSSR count). The average Bonchev–Trinajstić information content (AvgIpc) is 3.12. The highest BCUT2D eigenvalue weighted by atomic mass is 127. The van der Waals surface area contributed by atoms with Crippen LogP contribution in [-0.2, 0) is 32.4 Å². The Kier molecular flexibility index (Phi) is 14.5. The molecule has 1 N–H and O–H groups in total. The predicted octanol–water partition coefficient (Wildman–Crippen LogP) is 7.70. The maximum Gasteiger partial charge on any atom is 0.132 e. The van der Waals surface area contributed by atoms with Gasteiger partial charge in [0.15, 0.2) is 0 Å². The maximum atomic E-state index is 5.92. The first-order chi connectivity index (χ1) is 23.4. The first-order valence-corrected chi connectivity index (χ1v) is 17.3. The van der Waals surface area contributed by atoms with Gasteiger partial charge in [0.2, 0.25) is 0 Å². The molecule has 0 bridgehead atoms. The number of aryl methyl sites for hydroxylation is 1. The lowest BCUT2D eigenvalue weighted by atomic mass is 10.0. The van der Waals surface area contributed by atoms with Crippen molar-refractivity contribution in [1.82, 2.24) is 10.2 Å². The lowest BCUT2D eigenvalue weighted by Crippen LogP contribution is -2.47. The van der Waals surface area contributed by atoms with E-state index >= 15 is 0 Å². The van der Waals surface area contributed by atoms with Crippen LogP contribution in [0, 0.1) is 3.57 Å². The lowest BCUT2D eigenvalue weighted by Gasteiger charge is -2.34. The number of nitrogens with zero attached hydrogens (tertiary/aromatic N) is 1. The molecule has 0 saturated heterocycles. The fourth-order valence-corrected chi connectivity index (χ4v) is 6.70. The topological polar surface area (TPSA) is 70.7 Å². The third-order valence-corrected chi connectivity index (χ3v) is 9.41. The molecule has 0 aliphatic rings. The van der Waals surface area contributed by atoms with Crippen LogP contribution in [0.15, 0.2) is 72.8 Å². The average molecular weight is 769 g/mol. The zero-order chi connectivity index (χ0) is 34.5. The molecule has 9 heteroatoms. The van der Waals surface area contributed by atoms with Crippen LogP contribution in [0.2, 0.25) is 0 Å². The van der Waals surface area contributed by atoms with Gasteiger partial charge in [0.25, 0.3) is 0 Å². The highest BCUT2D eigenvalue weighted by Crippen LogP contribution is 2.33. The molecule has 1 atom stereocenters. The van der Waals surface area contributed by atoms with Gasteiger partial charge in [-0.1, -0.05) is 49.7 Å². The van der Waals surface area contributed by atoms with Crippen LogP contribution in [0.5, 0.6) is 34.5 Å². The largest absolute Gasteiger partial charge is 0.496 e. The van der Waals surface area contributed by atoms with Gasteiger partial charge in [0.05, 0.1) is 52.4 Å². The second-order valence-electron chi connectivity index (χ2n) is 11.5. The van der Waals surface area contributed by atoms with Gasteiger partial charge >= 0.3 is 0 Å². The molecule has 0 fully saturated rings. The molecule has 0 amide bonds. The van der Waals surface area contributed by atoms with E-state index in [2.05, 4.69) is 76.1 Å². The smallest absolute Gasteiger partial charge is 0.132 e. The fourth-order valence-electron chi connectivity index (χ4n) is 6.04. The van der Waals surface area contributed by atoms with E-state index in [9.17, 15) is 0 Å². The predicted molar refractivity (Wildman–Crippen MR) is 200 cm³/mol. The maximum absolute atomic E-state index is 5.92. The van der Waals surface area contributed by atoms with Gasteiger partial charge in [-0.2, -0.15) is 0 Å². The Morgan fingerprint density at radius 1 is 0.583 bits per heavy atom. The molecule has 8 nitrogen and oxygen atoms in total. The van der Waals surface area contributed by atoms with Gasteiger partial charge < -0.3 is 28.4 Å².